The van der Waals surface area contributed by atoms with E-state index in [1.165, 1.54) is 0 Å². The lowest BCUT2D eigenvalue weighted by Gasteiger charge is -2.35. The molecule has 0 atom stereocenters. The number of nitrogens with one attached hydrogen (secondary N) is 1. The molecule has 0 radical (unpaired) electrons. The zero-order valence-electron chi connectivity index (χ0n) is 16.5. The van der Waals surface area contributed by atoms with Crippen LogP contribution in [0.5, 0.6) is 0 Å². The summed E-state index contributed by atoms with van der Waals surface area (Å²) in [5.41, 5.74) is -0.298. The van der Waals surface area contributed by atoms with Gasteiger partial charge in [-0.1, -0.05) is 12.8 Å². The number of amides is 1. The van der Waals surface area contributed by atoms with Gasteiger partial charge in [-0.3, -0.25) is 9.79 Å². The molecule has 1 aliphatic heterocycles. The van der Waals surface area contributed by atoms with Crippen LogP contribution in [0, 0.1) is 5.41 Å². The number of carbonyl (C=O) groups excluding carboxylic acids is 1. The number of likely N-dealkylation sites (tertiary alicyclic amines) is 1. The number of piperidine rings is 1. The molecule has 1 heterocycles. The molecule has 2 aliphatic rings. The van der Waals surface area contributed by atoms with E-state index in [0.29, 0.717) is 12.6 Å². The lowest BCUT2D eigenvalue weighted by atomic mass is 9.85. The van der Waals surface area contributed by atoms with Crippen molar-refractivity contribution in [2.75, 3.05) is 46.9 Å². The molecule has 0 aromatic heterocycles. The first-order chi connectivity index (χ1) is 12.0. The third-order valence-corrected chi connectivity index (χ3v) is 5.43. The highest BCUT2D eigenvalue weighted by molar-refractivity contribution is 5.84. The maximum absolute atomic E-state index is 12.7. The smallest absolute Gasteiger partial charge is 0.230 e. The molecule has 1 aliphatic carbocycles. The van der Waals surface area contributed by atoms with Gasteiger partial charge < -0.3 is 19.9 Å². The largest absolute Gasteiger partial charge is 0.378 e. The molecule has 1 N–H and O–H groups in total. The Kier molecular flexibility index (Phi) is 7.54. The summed E-state index contributed by atoms with van der Waals surface area (Å²) in [5, 5.41) is 3.42. The maximum atomic E-state index is 12.7. The zero-order chi connectivity index (χ0) is 18.3. The van der Waals surface area contributed by atoms with Gasteiger partial charge in [0.05, 0.1) is 18.1 Å². The van der Waals surface area contributed by atoms with E-state index in [4.69, 9.17) is 9.73 Å². The predicted molar refractivity (Wildman–Crippen MR) is 102 cm³/mol. The second-order valence-electron chi connectivity index (χ2n) is 7.50. The van der Waals surface area contributed by atoms with E-state index in [-0.39, 0.29) is 11.3 Å². The number of aliphatic imine (C=N–C) groups is 1. The van der Waals surface area contributed by atoms with Gasteiger partial charge in [0.25, 0.3) is 0 Å². The zero-order valence-corrected chi connectivity index (χ0v) is 16.5. The van der Waals surface area contributed by atoms with Crippen LogP contribution >= 0.6 is 0 Å². The lowest BCUT2D eigenvalue weighted by Crippen LogP contribution is -2.48. The van der Waals surface area contributed by atoms with Crippen LogP contribution in [0.25, 0.3) is 0 Å². The quantitative estimate of drug-likeness (QED) is 0.587. The molecule has 6 heteroatoms. The summed E-state index contributed by atoms with van der Waals surface area (Å²) in [6.07, 6.45) is 6.63. The monoisotopic (exact) mass is 352 g/mol. The van der Waals surface area contributed by atoms with Gasteiger partial charge in [-0.05, 0) is 39.5 Å². The maximum Gasteiger partial charge on any atom is 0.230 e. The van der Waals surface area contributed by atoms with Gasteiger partial charge in [-0.2, -0.15) is 0 Å². The lowest BCUT2D eigenvalue weighted by molar-refractivity contribution is -0.138. The van der Waals surface area contributed by atoms with E-state index in [9.17, 15) is 4.79 Å². The Morgan fingerprint density at radius 2 is 1.88 bits per heavy atom. The van der Waals surface area contributed by atoms with Crippen molar-refractivity contribution in [1.82, 2.24) is 15.1 Å². The molecule has 25 heavy (non-hydrogen) atoms. The minimum atomic E-state index is -0.298. The van der Waals surface area contributed by atoms with Gasteiger partial charge in [0, 0.05) is 40.3 Å². The first-order valence-corrected chi connectivity index (χ1v) is 9.89. The number of ether oxygens (including phenoxy) is 1. The van der Waals surface area contributed by atoms with Crippen LogP contribution in [0.1, 0.15) is 52.4 Å². The second kappa shape index (κ2) is 9.41. The van der Waals surface area contributed by atoms with Crippen molar-refractivity contribution >= 4 is 11.9 Å². The van der Waals surface area contributed by atoms with Crippen molar-refractivity contribution in [2.45, 2.75) is 58.5 Å². The van der Waals surface area contributed by atoms with Gasteiger partial charge in [0.1, 0.15) is 0 Å². The summed E-state index contributed by atoms with van der Waals surface area (Å²) in [6, 6.07) is 0. The average molecular weight is 353 g/mol. The number of hydrogen-bond donors (Lipinski definition) is 1. The molecular weight excluding hydrogens is 316 g/mol. The van der Waals surface area contributed by atoms with Crippen LogP contribution in [0.3, 0.4) is 0 Å². The Morgan fingerprint density at radius 1 is 1.24 bits per heavy atom. The molecular formula is C19H36N4O2. The van der Waals surface area contributed by atoms with E-state index in [0.717, 1.165) is 70.7 Å². The van der Waals surface area contributed by atoms with Crippen LogP contribution in [0.2, 0.25) is 0 Å². The molecule has 1 saturated heterocycles. The van der Waals surface area contributed by atoms with Gasteiger partial charge in [0.2, 0.25) is 5.91 Å². The van der Waals surface area contributed by atoms with Crippen molar-refractivity contribution in [3.63, 3.8) is 0 Å². The van der Waals surface area contributed by atoms with E-state index in [2.05, 4.69) is 24.1 Å². The Bertz CT molecular complexity index is 450. The summed E-state index contributed by atoms with van der Waals surface area (Å²) in [4.78, 5) is 21.7. The van der Waals surface area contributed by atoms with Crippen molar-refractivity contribution in [3.8, 4) is 0 Å². The predicted octanol–water partition coefficient (Wildman–Crippen LogP) is 2.10. The van der Waals surface area contributed by atoms with Gasteiger partial charge >= 0.3 is 0 Å². The molecule has 2 fully saturated rings. The topological polar surface area (TPSA) is 57.2 Å². The number of carbonyl (C=O) groups is 1. The first-order valence-electron chi connectivity index (χ1n) is 9.89. The third-order valence-electron chi connectivity index (χ3n) is 5.43. The van der Waals surface area contributed by atoms with Gasteiger partial charge in [0.15, 0.2) is 5.96 Å². The number of guanidine groups is 1. The second-order valence-corrected chi connectivity index (χ2v) is 7.50. The Morgan fingerprint density at radius 3 is 2.40 bits per heavy atom. The highest BCUT2D eigenvalue weighted by Crippen LogP contribution is 2.39. The van der Waals surface area contributed by atoms with Crippen molar-refractivity contribution in [3.05, 3.63) is 0 Å². The number of nitrogens with zero attached hydrogens (tertiary/aromatic N) is 3. The summed E-state index contributed by atoms with van der Waals surface area (Å²) < 4.78 is 5.75. The van der Waals surface area contributed by atoms with Crippen molar-refractivity contribution in [2.24, 2.45) is 10.4 Å². The minimum Gasteiger partial charge on any atom is -0.378 e. The fourth-order valence-corrected chi connectivity index (χ4v) is 4.09. The summed E-state index contributed by atoms with van der Waals surface area (Å²) in [6.45, 7) is 8.31. The Balaban J connectivity index is 2.04. The normalized spacial score (nSPS) is 21.4. The van der Waals surface area contributed by atoms with Gasteiger partial charge in [-0.15, -0.1) is 0 Å². The van der Waals surface area contributed by atoms with E-state index < -0.39 is 0 Å². The molecule has 1 saturated carbocycles. The van der Waals surface area contributed by atoms with Crippen LogP contribution in [-0.4, -0.2) is 74.7 Å². The van der Waals surface area contributed by atoms with Gasteiger partial charge in [-0.25, -0.2) is 0 Å². The van der Waals surface area contributed by atoms with Crippen LogP contribution in [-0.2, 0) is 9.53 Å². The van der Waals surface area contributed by atoms with E-state index in [1.54, 1.807) is 4.90 Å². The molecule has 1 amide bonds. The third kappa shape index (κ3) is 5.09. The number of rotatable bonds is 6. The fourth-order valence-electron chi connectivity index (χ4n) is 4.09. The average Bonchev–Trinajstić information content (AvgIpc) is 3.09. The summed E-state index contributed by atoms with van der Waals surface area (Å²) >= 11 is 0. The molecule has 0 unspecified atom stereocenters. The first kappa shape index (κ1) is 20.0. The molecule has 0 spiro atoms. The van der Waals surface area contributed by atoms with Crippen LogP contribution in [0.15, 0.2) is 4.99 Å². The van der Waals surface area contributed by atoms with E-state index >= 15 is 0 Å². The van der Waals surface area contributed by atoms with E-state index in [1.807, 2.05) is 14.1 Å². The minimum absolute atomic E-state index is 0.236. The SMILES string of the molecule is CCNC(=NCC1(C(=O)N(C)C)CCCC1)N1CCC(OCC)CC1. The molecule has 0 bridgehead atoms. The standard InChI is InChI=1S/C19H36N4O2/c1-5-20-18(23-13-9-16(10-14-23)25-6-2)21-15-19(11-7-8-12-19)17(24)22(3)4/h16H,5-15H2,1-4H3,(H,20,21). The van der Waals surface area contributed by atoms with Crippen LogP contribution in [0.4, 0.5) is 0 Å². The fraction of sp³-hybridized carbons (Fsp3) is 0.895. The molecule has 6 nitrogen and oxygen atoms in total. The molecule has 0 aromatic rings. The molecule has 2 rings (SSSR count). The highest BCUT2D eigenvalue weighted by Gasteiger charge is 2.42. The van der Waals surface area contributed by atoms with Crippen molar-refractivity contribution in [1.29, 1.82) is 0 Å². The van der Waals surface area contributed by atoms with Crippen LogP contribution < -0.4 is 5.32 Å². The summed E-state index contributed by atoms with van der Waals surface area (Å²) in [7, 11) is 3.71. The number of hydrogen-bond acceptors (Lipinski definition) is 3. The molecule has 0 aromatic carbocycles. The molecule has 144 valence electrons. The Labute approximate surface area is 153 Å². The highest BCUT2D eigenvalue weighted by atomic mass is 16.5. The summed E-state index contributed by atoms with van der Waals surface area (Å²) in [5.74, 6) is 1.19. The van der Waals surface area contributed by atoms with Crippen molar-refractivity contribution < 1.29 is 9.53 Å². The Hall–Kier alpha value is -1.30.